The van der Waals surface area contributed by atoms with Crippen LogP contribution in [0.2, 0.25) is 0 Å². The molecule has 12 heavy (non-hydrogen) atoms. The van der Waals surface area contributed by atoms with Crippen LogP contribution in [0.3, 0.4) is 0 Å². The molecule has 0 saturated heterocycles. The van der Waals surface area contributed by atoms with Crippen LogP contribution in [0.25, 0.3) is 0 Å². The number of aromatic nitrogens is 1. The minimum Gasteiger partial charge on any atom is -0.477 e. The molecule has 66 valence electrons. The molecule has 0 aromatic carbocycles. The molecule has 0 aliphatic heterocycles. The number of carboxylic acid groups (broad SMARTS) is 1. The van der Waals surface area contributed by atoms with Crippen molar-refractivity contribution >= 4 is 33.2 Å². The number of aromatic carboxylic acids is 1. The van der Waals surface area contributed by atoms with Gasteiger partial charge in [-0.2, -0.15) is 0 Å². The van der Waals surface area contributed by atoms with Crippen LogP contribution in [0.1, 0.15) is 35.1 Å². The molecule has 1 N–H and O–H groups in total. The molecule has 1 aromatic rings. The first-order valence-corrected chi connectivity index (χ1v) is 5.03. The van der Waals surface area contributed by atoms with E-state index in [0.717, 1.165) is 11.3 Å². The summed E-state index contributed by atoms with van der Waals surface area (Å²) in [6, 6.07) is 0. The SMILES string of the molecule is CC(C)c1nc(Br)sc1C(=O)O. The fourth-order valence-electron chi connectivity index (χ4n) is 0.849. The minimum atomic E-state index is -0.901. The standard InChI is InChI=1S/C7H8BrNO2S/c1-3(2)4-5(6(10)11)12-7(8)9-4/h3H,1-2H3,(H,10,11). The van der Waals surface area contributed by atoms with Crippen molar-refractivity contribution < 1.29 is 9.90 Å². The minimum absolute atomic E-state index is 0.152. The Bertz CT molecular complexity index is 308. The van der Waals surface area contributed by atoms with Gasteiger partial charge in [-0.3, -0.25) is 0 Å². The first-order chi connectivity index (χ1) is 5.52. The van der Waals surface area contributed by atoms with E-state index in [9.17, 15) is 4.79 Å². The quantitative estimate of drug-likeness (QED) is 0.877. The van der Waals surface area contributed by atoms with Gasteiger partial charge in [0.25, 0.3) is 0 Å². The van der Waals surface area contributed by atoms with Crippen molar-refractivity contribution in [3.63, 3.8) is 0 Å². The van der Waals surface area contributed by atoms with E-state index in [1.807, 2.05) is 13.8 Å². The van der Waals surface area contributed by atoms with Gasteiger partial charge < -0.3 is 5.11 Å². The summed E-state index contributed by atoms with van der Waals surface area (Å²) < 4.78 is 0.628. The van der Waals surface area contributed by atoms with Crippen LogP contribution in [0.15, 0.2) is 3.92 Å². The van der Waals surface area contributed by atoms with Gasteiger partial charge in [0, 0.05) is 0 Å². The summed E-state index contributed by atoms with van der Waals surface area (Å²) in [6.07, 6.45) is 0. The van der Waals surface area contributed by atoms with E-state index in [2.05, 4.69) is 20.9 Å². The third-order valence-corrected chi connectivity index (χ3v) is 2.88. The molecular weight excluding hydrogens is 242 g/mol. The molecule has 0 aliphatic carbocycles. The molecule has 0 bridgehead atoms. The second-order valence-corrected chi connectivity index (χ2v) is 4.92. The lowest BCUT2D eigenvalue weighted by atomic mass is 10.1. The summed E-state index contributed by atoms with van der Waals surface area (Å²) in [5.74, 6) is -0.749. The lowest BCUT2D eigenvalue weighted by Crippen LogP contribution is -2.00. The van der Waals surface area contributed by atoms with Crippen LogP contribution >= 0.6 is 27.3 Å². The largest absolute Gasteiger partial charge is 0.477 e. The molecule has 0 saturated carbocycles. The third-order valence-electron chi connectivity index (χ3n) is 1.37. The van der Waals surface area contributed by atoms with Crippen molar-refractivity contribution in [1.82, 2.24) is 4.98 Å². The predicted molar refractivity (Wildman–Crippen MR) is 50.9 cm³/mol. The van der Waals surface area contributed by atoms with Crippen LogP contribution in [0, 0.1) is 0 Å². The number of thiazole rings is 1. The van der Waals surface area contributed by atoms with Gasteiger partial charge in [-0.15, -0.1) is 0 Å². The van der Waals surface area contributed by atoms with Crippen molar-refractivity contribution in [3.05, 3.63) is 14.5 Å². The molecule has 3 nitrogen and oxygen atoms in total. The van der Waals surface area contributed by atoms with E-state index in [1.165, 1.54) is 0 Å². The molecule has 0 radical (unpaired) electrons. The van der Waals surface area contributed by atoms with Gasteiger partial charge in [0.15, 0.2) is 3.92 Å². The normalized spacial score (nSPS) is 10.7. The summed E-state index contributed by atoms with van der Waals surface area (Å²) in [5.41, 5.74) is 0.652. The van der Waals surface area contributed by atoms with Crippen LogP contribution in [-0.2, 0) is 0 Å². The Kier molecular flexibility index (Phi) is 2.85. The van der Waals surface area contributed by atoms with Crippen molar-refractivity contribution in [2.24, 2.45) is 0 Å². The maximum Gasteiger partial charge on any atom is 0.347 e. The zero-order valence-electron chi connectivity index (χ0n) is 6.67. The Morgan fingerprint density at radius 1 is 1.67 bits per heavy atom. The number of rotatable bonds is 2. The van der Waals surface area contributed by atoms with E-state index >= 15 is 0 Å². The molecule has 0 unspecified atom stereocenters. The van der Waals surface area contributed by atoms with E-state index < -0.39 is 5.97 Å². The lowest BCUT2D eigenvalue weighted by Gasteiger charge is -1.99. The van der Waals surface area contributed by atoms with E-state index in [1.54, 1.807) is 0 Å². The molecular formula is C7H8BrNO2S. The number of hydrogen-bond acceptors (Lipinski definition) is 3. The summed E-state index contributed by atoms with van der Waals surface area (Å²) in [6.45, 7) is 3.85. The molecule has 0 atom stereocenters. The van der Waals surface area contributed by atoms with Crippen molar-refractivity contribution in [3.8, 4) is 0 Å². The maximum absolute atomic E-state index is 10.7. The number of carbonyl (C=O) groups is 1. The average molecular weight is 250 g/mol. The second kappa shape index (κ2) is 3.53. The fraction of sp³-hybridized carbons (Fsp3) is 0.429. The van der Waals surface area contributed by atoms with Gasteiger partial charge in [0.2, 0.25) is 0 Å². The maximum atomic E-state index is 10.7. The molecule has 1 heterocycles. The number of nitrogens with zero attached hydrogens (tertiary/aromatic N) is 1. The van der Waals surface area contributed by atoms with Crippen molar-refractivity contribution in [2.75, 3.05) is 0 Å². The van der Waals surface area contributed by atoms with Gasteiger partial charge in [-0.05, 0) is 21.8 Å². The zero-order chi connectivity index (χ0) is 9.30. The molecule has 0 amide bonds. The second-order valence-electron chi connectivity index (χ2n) is 2.64. The van der Waals surface area contributed by atoms with Crippen molar-refractivity contribution in [1.29, 1.82) is 0 Å². The zero-order valence-corrected chi connectivity index (χ0v) is 9.07. The molecule has 0 aliphatic rings. The highest BCUT2D eigenvalue weighted by Crippen LogP contribution is 2.28. The Labute approximate surface area is 82.6 Å². The number of carboxylic acids is 1. The van der Waals surface area contributed by atoms with Crippen LogP contribution in [-0.4, -0.2) is 16.1 Å². The topological polar surface area (TPSA) is 50.2 Å². The van der Waals surface area contributed by atoms with Gasteiger partial charge in [-0.1, -0.05) is 25.2 Å². The summed E-state index contributed by atoms with van der Waals surface area (Å²) >= 11 is 4.32. The van der Waals surface area contributed by atoms with E-state index in [-0.39, 0.29) is 5.92 Å². The Morgan fingerprint density at radius 3 is 2.58 bits per heavy atom. The molecule has 1 rings (SSSR count). The summed E-state index contributed by atoms with van der Waals surface area (Å²) in [7, 11) is 0. The van der Waals surface area contributed by atoms with Gasteiger partial charge in [0.1, 0.15) is 4.88 Å². The first-order valence-electron chi connectivity index (χ1n) is 3.42. The van der Waals surface area contributed by atoms with Crippen molar-refractivity contribution in [2.45, 2.75) is 19.8 Å². The van der Waals surface area contributed by atoms with Gasteiger partial charge in [-0.25, -0.2) is 9.78 Å². The van der Waals surface area contributed by atoms with Gasteiger partial charge >= 0.3 is 5.97 Å². The molecule has 1 aromatic heterocycles. The molecule has 0 spiro atoms. The molecule has 0 fully saturated rings. The predicted octanol–water partition coefficient (Wildman–Crippen LogP) is 2.73. The highest BCUT2D eigenvalue weighted by molar-refractivity contribution is 9.11. The lowest BCUT2D eigenvalue weighted by molar-refractivity contribution is 0.0700. The van der Waals surface area contributed by atoms with Crippen LogP contribution < -0.4 is 0 Å². The van der Waals surface area contributed by atoms with Gasteiger partial charge in [0.05, 0.1) is 5.69 Å². The number of halogens is 1. The average Bonchev–Trinajstić information content (AvgIpc) is 2.31. The fourth-order valence-corrected chi connectivity index (χ4v) is 2.31. The third kappa shape index (κ3) is 1.84. The highest BCUT2D eigenvalue weighted by Gasteiger charge is 2.18. The Morgan fingerprint density at radius 2 is 2.25 bits per heavy atom. The Hall–Kier alpha value is -0.420. The summed E-state index contributed by atoms with van der Waals surface area (Å²) in [5, 5.41) is 8.78. The van der Waals surface area contributed by atoms with Crippen LogP contribution in [0.5, 0.6) is 0 Å². The first kappa shape index (κ1) is 9.67. The number of hydrogen-bond donors (Lipinski definition) is 1. The monoisotopic (exact) mass is 249 g/mol. The van der Waals surface area contributed by atoms with E-state index in [0.29, 0.717) is 14.5 Å². The van der Waals surface area contributed by atoms with E-state index in [4.69, 9.17) is 5.11 Å². The van der Waals surface area contributed by atoms with Crippen LogP contribution in [0.4, 0.5) is 0 Å². The Balaban J connectivity index is 3.17. The highest BCUT2D eigenvalue weighted by atomic mass is 79.9. The summed E-state index contributed by atoms with van der Waals surface area (Å²) in [4.78, 5) is 15.1. The smallest absolute Gasteiger partial charge is 0.347 e. The molecule has 5 heteroatoms.